The number of esters is 1. The van der Waals surface area contributed by atoms with Crippen molar-refractivity contribution >= 4 is 46.3 Å². The molecule has 0 radical (unpaired) electrons. The third-order valence-corrected chi connectivity index (χ3v) is 5.82. The Morgan fingerprint density at radius 1 is 1.17 bits per heavy atom. The van der Waals surface area contributed by atoms with Crippen LogP contribution < -0.4 is 4.74 Å². The average molecular weight is 442 g/mol. The molecular weight excluding hydrogens is 418 g/mol. The van der Waals surface area contributed by atoms with E-state index in [1.807, 2.05) is 55.5 Å². The molecule has 0 unspecified atom stereocenters. The van der Waals surface area contributed by atoms with Crippen LogP contribution in [-0.4, -0.2) is 34.2 Å². The number of benzene rings is 2. The van der Waals surface area contributed by atoms with Gasteiger partial charge in [0.15, 0.2) is 0 Å². The third-order valence-electron chi connectivity index (χ3n) is 4.44. The van der Waals surface area contributed by atoms with Crippen molar-refractivity contribution in [3.8, 4) is 5.75 Å². The van der Waals surface area contributed by atoms with E-state index in [0.717, 1.165) is 11.1 Å². The highest BCUT2D eigenvalue weighted by atomic mass is 32.2. The summed E-state index contributed by atoms with van der Waals surface area (Å²) in [7, 11) is 0. The topological polar surface area (TPSA) is 55.8 Å². The van der Waals surface area contributed by atoms with Gasteiger partial charge in [0.1, 0.15) is 16.7 Å². The van der Waals surface area contributed by atoms with Gasteiger partial charge in [-0.3, -0.25) is 14.5 Å². The largest absolute Gasteiger partial charge is 0.488 e. The number of nitrogens with zero attached hydrogens (tertiary/aromatic N) is 1. The molecular formula is C23H23NO4S2. The summed E-state index contributed by atoms with van der Waals surface area (Å²) in [6.07, 6.45) is 1.90. The monoisotopic (exact) mass is 441 g/mol. The summed E-state index contributed by atoms with van der Waals surface area (Å²) in [5.41, 5.74) is 3.07. The Kier molecular flexibility index (Phi) is 7.65. The number of para-hydroxylation sites is 1. The summed E-state index contributed by atoms with van der Waals surface area (Å²) in [4.78, 5) is 26.3. The van der Waals surface area contributed by atoms with Crippen molar-refractivity contribution in [2.45, 2.75) is 26.9 Å². The van der Waals surface area contributed by atoms with Gasteiger partial charge in [0, 0.05) is 12.1 Å². The summed E-state index contributed by atoms with van der Waals surface area (Å²) in [6, 6.07) is 15.7. The van der Waals surface area contributed by atoms with Gasteiger partial charge in [0.05, 0.1) is 17.9 Å². The highest BCUT2D eigenvalue weighted by Crippen LogP contribution is 2.34. The fourth-order valence-corrected chi connectivity index (χ4v) is 4.15. The van der Waals surface area contributed by atoms with Crippen LogP contribution in [0.15, 0.2) is 53.4 Å². The Bertz CT molecular complexity index is 969. The summed E-state index contributed by atoms with van der Waals surface area (Å²) in [6.45, 7) is 4.76. The van der Waals surface area contributed by atoms with E-state index in [1.165, 1.54) is 22.2 Å². The second-order valence-electron chi connectivity index (χ2n) is 6.70. The Morgan fingerprint density at radius 3 is 2.63 bits per heavy atom. The fraction of sp³-hybridized carbons (Fsp3) is 0.261. The molecule has 2 aromatic carbocycles. The van der Waals surface area contributed by atoms with E-state index >= 15 is 0 Å². The van der Waals surface area contributed by atoms with Crippen LogP contribution in [0.1, 0.15) is 30.0 Å². The number of carbonyl (C=O) groups is 2. The molecule has 0 bridgehead atoms. The number of aryl methyl sites for hydroxylation is 1. The first-order valence-corrected chi connectivity index (χ1v) is 10.9. The zero-order valence-corrected chi connectivity index (χ0v) is 18.6. The molecule has 0 spiro atoms. The third kappa shape index (κ3) is 5.70. The molecule has 0 saturated carbocycles. The van der Waals surface area contributed by atoms with Crippen molar-refractivity contribution in [1.29, 1.82) is 0 Å². The van der Waals surface area contributed by atoms with Gasteiger partial charge < -0.3 is 9.47 Å². The molecule has 1 fully saturated rings. The Labute approximate surface area is 186 Å². The van der Waals surface area contributed by atoms with Crippen LogP contribution in [0.5, 0.6) is 5.75 Å². The summed E-state index contributed by atoms with van der Waals surface area (Å²) in [5, 5.41) is 0. The minimum atomic E-state index is -0.342. The van der Waals surface area contributed by atoms with E-state index in [9.17, 15) is 9.59 Å². The van der Waals surface area contributed by atoms with Crippen molar-refractivity contribution in [2.24, 2.45) is 0 Å². The summed E-state index contributed by atoms with van der Waals surface area (Å²) in [5.74, 6) is 0.142. The predicted octanol–water partition coefficient (Wildman–Crippen LogP) is 4.73. The van der Waals surface area contributed by atoms with Crippen molar-refractivity contribution in [3.05, 3.63) is 70.1 Å². The Morgan fingerprint density at radius 2 is 1.90 bits per heavy atom. The maximum Gasteiger partial charge on any atom is 0.307 e. The number of rotatable bonds is 8. The summed E-state index contributed by atoms with van der Waals surface area (Å²) >= 11 is 6.56. The first-order chi connectivity index (χ1) is 14.5. The van der Waals surface area contributed by atoms with Gasteiger partial charge in [-0.05, 0) is 31.6 Å². The first-order valence-electron chi connectivity index (χ1n) is 9.66. The highest BCUT2D eigenvalue weighted by Gasteiger charge is 2.32. The fourth-order valence-electron chi connectivity index (χ4n) is 2.85. The van der Waals surface area contributed by atoms with E-state index in [2.05, 4.69) is 0 Å². The van der Waals surface area contributed by atoms with Crippen molar-refractivity contribution < 1.29 is 19.1 Å². The number of ether oxygens (including phenoxy) is 2. The molecule has 2 aromatic rings. The van der Waals surface area contributed by atoms with Gasteiger partial charge in [-0.2, -0.15) is 0 Å². The number of thioether (sulfide) groups is 1. The maximum atomic E-state index is 12.8. The molecule has 0 aromatic heterocycles. The quantitative estimate of drug-likeness (QED) is 0.335. The summed E-state index contributed by atoms with van der Waals surface area (Å²) < 4.78 is 11.4. The van der Waals surface area contributed by atoms with E-state index in [4.69, 9.17) is 21.7 Å². The number of hydrogen-bond donors (Lipinski definition) is 0. The highest BCUT2D eigenvalue weighted by molar-refractivity contribution is 8.26. The first kappa shape index (κ1) is 22.1. The van der Waals surface area contributed by atoms with Gasteiger partial charge in [-0.1, -0.05) is 72.0 Å². The van der Waals surface area contributed by atoms with Crippen LogP contribution >= 0.6 is 24.0 Å². The SMILES string of the molecule is CCOC(=O)CCN1C(=O)/C(=C\c2ccccc2OCc2ccc(C)cc2)SC1=S. The van der Waals surface area contributed by atoms with Crippen LogP contribution in [0.4, 0.5) is 0 Å². The van der Waals surface area contributed by atoms with Crippen LogP contribution in [0, 0.1) is 6.92 Å². The van der Waals surface area contributed by atoms with E-state index < -0.39 is 0 Å². The van der Waals surface area contributed by atoms with Crippen molar-refractivity contribution in [3.63, 3.8) is 0 Å². The van der Waals surface area contributed by atoms with Gasteiger partial charge in [0.2, 0.25) is 0 Å². The van der Waals surface area contributed by atoms with Gasteiger partial charge >= 0.3 is 5.97 Å². The number of thiocarbonyl (C=S) groups is 1. The molecule has 30 heavy (non-hydrogen) atoms. The molecule has 1 heterocycles. The maximum absolute atomic E-state index is 12.8. The van der Waals surface area contributed by atoms with E-state index in [0.29, 0.717) is 28.2 Å². The van der Waals surface area contributed by atoms with Crippen molar-refractivity contribution in [2.75, 3.05) is 13.2 Å². The smallest absolute Gasteiger partial charge is 0.307 e. The molecule has 1 aliphatic rings. The van der Waals surface area contributed by atoms with Crippen LogP contribution in [-0.2, 0) is 20.9 Å². The molecule has 5 nitrogen and oxygen atoms in total. The molecule has 3 rings (SSSR count). The molecule has 0 N–H and O–H groups in total. The second kappa shape index (κ2) is 10.4. The molecule has 1 aliphatic heterocycles. The van der Waals surface area contributed by atoms with E-state index in [1.54, 1.807) is 13.0 Å². The zero-order valence-electron chi connectivity index (χ0n) is 16.9. The zero-order chi connectivity index (χ0) is 21.5. The van der Waals surface area contributed by atoms with Crippen molar-refractivity contribution in [1.82, 2.24) is 4.90 Å². The lowest BCUT2D eigenvalue weighted by molar-refractivity contribution is -0.143. The lowest BCUT2D eigenvalue weighted by Gasteiger charge is -2.13. The molecule has 0 aliphatic carbocycles. The minimum absolute atomic E-state index is 0.115. The second-order valence-corrected chi connectivity index (χ2v) is 8.38. The molecule has 7 heteroatoms. The molecule has 0 atom stereocenters. The molecule has 1 amide bonds. The number of carbonyl (C=O) groups excluding carboxylic acids is 2. The number of hydrogen-bond acceptors (Lipinski definition) is 6. The van der Waals surface area contributed by atoms with E-state index in [-0.39, 0.29) is 24.8 Å². The molecule has 156 valence electrons. The minimum Gasteiger partial charge on any atom is -0.488 e. The van der Waals surface area contributed by atoms with Gasteiger partial charge in [-0.25, -0.2) is 0 Å². The Hall–Kier alpha value is -2.64. The van der Waals surface area contributed by atoms with Crippen LogP contribution in [0.25, 0.3) is 6.08 Å². The predicted molar refractivity (Wildman–Crippen MR) is 123 cm³/mol. The van der Waals surface area contributed by atoms with Gasteiger partial charge in [-0.15, -0.1) is 0 Å². The average Bonchev–Trinajstić information content (AvgIpc) is 3.00. The molecule has 1 saturated heterocycles. The lowest BCUT2D eigenvalue weighted by atomic mass is 10.1. The van der Waals surface area contributed by atoms with Crippen LogP contribution in [0.3, 0.4) is 0 Å². The standard InChI is InChI=1S/C23H23NO4S2/c1-3-27-21(25)12-13-24-22(26)20(30-23(24)29)14-18-6-4-5-7-19(18)28-15-17-10-8-16(2)9-11-17/h4-11,14H,3,12-13,15H2,1-2H3/b20-14+. The van der Waals surface area contributed by atoms with Gasteiger partial charge in [0.25, 0.3) is 5.91 Å². The lowest BCUT2D eigenvalue weighted by Crippen LogP contribution is -2.30. The normalized spacial score (nSPS) is 15.0. The Balaban J connectivity index is 1.70. The number of amides is 1. The van der Waals surface area contributed by atoms with Crippen LogP contribution in [0.2, 0.25) is 0 Å².